The molecule has 0 aliphatic rings. The van der Waals surface area contributed by atoms with Crippen LogP contribution in [0.25, 0.3) is 0 Å². The van der Waals surface area contributed by atoms with Crippen LogP contribution < -0.4 is 10.5 Å². The van der Waals surface area contributed by atoms with Gasteiger partial charge in [0.15, 0.2) is 0 Å². The van der Waals surface area contributed by atoms with E-state index in [1.54, 1.807) is 0 Å². The van der Waals surface area contributed by atoms with Crippen LogP contribution in [-0.2, 0) is 6.54 Å². The highest BCUT2D eigenvalue weighted by molar-refractivity contribution is 9.10. The zero-order valence-corrected chi connectivity index (χ0v) is 9.96. The van der Waals surface area contributed by atoms with Crippen LogP contribution in [0.4, 0.5) is 0 Å². The molecule has 1 aromatic carbocycles. The van der Waals surface area contributed by atoms with Crippen molar-refractivity contribution in [1.29, 1.82) is 5.26 Å². The Bertz CT molecular complexity index is 360. The molecule has 0 radical (unpaired) electrons. The average Bonchev–Trinajstić information content (AvgIpc) is 2.26. The van der Waals surface area contributed by atoms with Crippen LogP contribution in [0.2, 0.25) is 0 Å². The quantitative estimate of drug-likeness (QED) is 0.836. The van der Waals surface area contributed by atoms with Crippen molar-refractivity contribution in [2.75, 3.05) is 6.61 Å². The van der Waals surface area contributed by atoms with Gasteiger partial charge in [0.2, 0.25) is 0 Å². The predicted molar refractivity (Wildman–Crippen MR) is 62.4 cm³/mol. The van der Waals surface area contributed by atoms with Gasteiger partial charge in [-0.1, -0.05) is 6.07 Å². The van der Waals surface area contributed by atoms with Crippen molar-refractivity contribution < 1.29 is 4.74 Å². The second-order valence-corrected chi connectivity index (χ2v) is 3.93. The van der Waals surface area contributed by atoms with Gasteiger partial charge in [-0.15, -0.1) is 0 Å². The summed E-state index contributed by atoms with van der Waals surface area (Å²) in [6.45, 7) is 1.08. The van der Waals surface area contributed by atoms with Crippen molar-refractivity contribution in [3.63, 3.8) is 0 Å². The maximum Gasteiger partial charge on any atom is 0.133 e. The second kappa shape index (κ2) is 6.44. The summed E-state index contributed by atoms with van der Waals surface area (Å²) in [5.41, 5.74) is 6.57. The average molecular weight is 269 g/mol. The Morgan fingerprint density at radius 1 is 1.47 bits per heavy atom. The molecule has 0 amide bonds. The van der Waals surface area contributed by atoms with Crippen molar-refractivity contribution in [3.8, 4) is 11.8 Å². The summed E-state index contributed by atoms with van der Waals surface area (Å²) >= 11 is 3.41. The van der Waals surface area contributed by atoms with E-state index in [0.717, 1.165) is 22.2 Å². The lowest BCUT2D eigenvalue weighted by molar-refractivity contribution is 0.310. The molecule has 0 heterocycles. The lowest BCUT2D eigenvalue weighted by Crippen LogP contribution is -1.99. The zero-order chi connectivity index (χ0) is 11.1. The maximum atomic E-state index is 8.36. The molecule has 0 unspecified atom stereocenters. The van der Waals surface area contributed by atoms with E-state index in [-0.39, 0.29) is 0 Å². The van der Waals surface area contributed by atoms with Gasteiger partial charge in [0, 0.05) is 13.0 Å². The van der Waals surface area contributed by atoms with Crippen LogP contribution in [0.3, 0.4) is 0 Å². The Labute approximate surface area is 98.0 Å². The van der Waals surface area contributed by atoms with Crippen LogP contribution in [0.5, 0.6) is 5.75 Å². The fraction of sp³-hybridized carbons (Fsp3) is 0.364. The number of rotatable bonds is 5. The van der Waals surface area contributed by atoms with Gasteiger partial charge in [-0.2, -0.15) is 5.26 Å². The summed E-state index contributed by atoms with van der Waals surface area (Å²) < 4.78 is 6.40. The highest BCUT2D eigenvalue weighted by Gasteiger charge is 2.01. The van der Waals surface area contributed by atoms with E-state index >= 15 is 0 Å². The first-order chi connectivity index (χ1) is 7.27. The van der Waals surface area contributed by atoms with Gasteiger partial charge < -0.3 is 10.5 Å². The third kappa shape index (κ3) is 3.90. The number of benzene rings is 1. The fourth-order valence-electron chi connectivity index (χ4n) is 1.12. The first-order valence-corrected chi connectivity index (χ1v) is 5.55. The molecule has 0 saturated heterocycles. The molecular weight excluding hydrogens is 256 g/mol. The molecule has 0 atom stereocenters. The lowest BCUT2D eigenvalue weighted by atomic mass is 10.2. The molecule has 2 N–H and O–H groups in total. The Kier molecular flexibility index (Phi) is 5.16. The van der Waals surface area contributed by atoms with E-state index < -0.39 is 0 Å². The summed E-state index contributed by atoms with van der Waals surface area (Å²) in [7, 11) is 0. The summed E-state index contributed by atoms with van der Waals surface area (Å²) in [5, 5.41) is 8.36. The van der Waals surface area contributed by atoms with Gasteiger partial charge in [0.25, 0.3) is 0 Å². The molecule has 15 heavy (non-hydrogen) atoms. The van der Waals surface area contributed by atoms with Gasteiger partial charge in [0.05, 0.1) is 17.1 Å². The molecule has 0 aliphatic carbocycles. The van der Waals surface area contributed by atoms with E-state index in [4.69, 9.17) is 15.7 Å². The molecule has 0 aliphatic heterocycles. The highest BCUT2D eigenvalue weighted by Crippen LogP contribution is 2.25. The highest BCUT2D eigenvalue weighted by atomic mass is 79.9. The predicted octanol–water partition coefficient (Wildman–Crippen LogP) is 2.59. The van der Waals surface area contributed by atoms with E-state index in [1.807, 2.05) is 18.2 Å². The van der Waals surface area contributed by atoms with Gasteiger partial charge in [-0.25, -0.2) is 0 Å². The molecule has 0 spiro atoms. The standard InChI is InChI=1S/C11H13BrN2O/c12-10-7-9(8-14)3-4-11(10)15-6-2-1-5-13/h3-4,7H,1-2,6,8,14H2. The van der Waals surface area contributed by atoms with Crippen LogP contribution in [0, 0.1) is 11.3 Å². The molecule has 80 valence electrons. The molecule has 1 rings (SSSR count). The van der Waals surface area contributed by atoms with Gasteiger partial charge in [0.1, 0.15) is 5.75 Å². The normalized spacial score (nSPS) is 9.67. The molecule has 3 nitrogen and oxygen atoms in total. The van der Waals surface area contributed by atoms with Gasteiger partial charge in [-0.05, 0) is 40.0 Å². The Morgan fingerprint density at radius 2 is 2.27 bits per heavy atom. The van der Waals surface area contributed by atoms with Crippen LogP contribution in [-0.4, -0.2) is 6.61 Å². The van der Waals surface area contributed by atoms with Gasteiger partial charge in [-0.3, -0.25) is 0 Å². The number of hydrogen-bond donors (Lipinski definition) is 1. The number of halogens is 1. The van der Waals surface area contributed by atoms with Crippen molar-refractivity contribution >= 4 is 15.9 Å². The van der Waals surface area contributed by atoms with Gasteiger partial charge >= 0.3 is 0 Å². The molecule has 0 aromatic heterocycles. The summed E-state index contributed by atoms with van der Waals surface area (Å²) in [6.07, 6.45) is 1.28. The monoisotopic (exact) mass is 268 g/mol. The van der Waals surface area contributed by atoms with E-state index in [0.29, 0.717) is 19.6 Å². The fourth-order valence-corrected chi connectivity index (χ4v) is 1.66. The maximum absolute atomic E-state index is 8.36. The third-order valence-corrected chi connectivity index (χ3v) is 2.54. The molecule has 0 saturated carbocycles. The minimum Gasteiger partial charge on any atom is -0.492 e. The molecular formula is C11H13BrN2O. The molecule has 0 bridgehead atoms. The van der Waals surface area contributed by atoms with Crippen molar-refractivity contribution in [1.82, 2.24) is 0 Å². The Hall–Kier alpha value is -1.05. The molecule has 1 aromatic rings. The number of nitrogens with two attached hydrogens (primary N) is 1. The first-order valence-electron chi connectivity index (χ1n) is 4.76. The number of ether oxygens (including phenoxy) is 1. The number of nitriles is 1. The minimum atomic E-state index is 0.521. The first kappa shape index (κ1) is 12.0. The number of nitrogens with zero attached hydrogens (tertiary/aromatic N) is 1. The summed E-state index contributed by atoms with van der Waals surface area (Å²) in [4.78, 5) is 0. The Morgan fingerprint density at radius 3 is 2.87 bits per heavy atom. The molecule has 4 heteroatoms. The second-order valence-electron chi connectivity index (χ2n) is 3.08. The van der Waals surface area contributed by atoms with Crippen LogP contribution in [0.15, 0.2) is 22.7 Å². The lowest BCUT2D eigenvalue weighted by Gasteiger charge is -2.08. The Balaban J connectivity index is 2.51. The van der Waals surface area contributed by atoms with Crippen LogP contribution >= 0.6 is 15.9 Å². The third-order valence-electron chi connectivity index (χ3n) is 1.92. The molecule has 0 fully saturated rings. The summed E-state index contributed by atoms with van der Waals surface area (Å²) in [5.74, 6) is 0.796. The van der Waals surface area contributed by atoms with E-state index in [1.165, 1.54) is 0 Å². The minimum absolute atomic E-state index is 0.521. The van der Waals surface area contributed by atoms with E-state index in [2.05, 4.69) is 22.0 Å². The van der Waals surface area contributed by atoms with Crippen LogP contribution in [0.1, 0.15) is 18.4 Å². The van der Waals surface area contributed by atoms with E-state index in [9.17, 15) is 0 Å². The topological polar surface area (TPSA) is 59.0 Å². The summed E-state index contributed by atoms with van der Waals surface area (Å²) in [6, 6.07) is 7.85. The van der Waals surface area contributed by atoms with Crippen molar-refractivity contribution in [2.45, 2.75) is 19.4 Å². The zero-order valence-electron chi connectivity index (χ0n) is 8.37. The van der Waals surface area contributed by atoms with Crippen molar-refractivity contribution in [2.24, 2.45) is 5.73 Å². The largest absolute Gasteiger partial charge is 0.492 e. The SMILES string of the molecule is N#CCCCOc1ccc(CN)cc1Br. The number of unbranched alkanes of at least 4 members (excludes halogenated alkanes) is 1. The van der Waals surface area contributed by atoms with Crippen molar-refractivity contribution in [3.05, 3.63) is 28.2 Å². The number of hydrogen-bond acceptors (Lipinski definition) is 3. The smallest absolute Gasteiger partial charge is 0.133 e.